The molecule has 0 saturated carbocycles. The van der Waals surface area contributed by atoms with Gasteiger partial charge >= 0.3 is 12.0 Å². The zero-order valence-electron chi connectivity index (χ0n) is 11.8. The highest BCUT2D eigenvalue weighted by atomic mass is 19.1. The van der Waals surface area contributed by atoms with Gasteiger partial charge in [-0.05, 0) is 25.5 Å². The number of carboxylic acid groups (broad SMARTS) is 1. The van der Waals surface area contributed by atoms with Gasteiger partial charge in [-0.15, -0.1) is 0 Å². The Hall–Kier alpha value is -2.31. The third-order valence-electron chi connectivity index (χ3n) is 2.57. The summed E-state index contributed by atoms with van der Waals surface area (Å²) in [5, 5.41) is 13.5. The van der Waals surface area contributed by atoms with Crippen molar-refractivity contribution < 1.29 is 23.8 Å². The molecule has 3 N–H and O–H groups in total. The zero-order chi connectivity index (χ0) is 15.7. The summed E-state index contributed by atoms with van der Waals surface area (Å²) >= 11 is 0. The minimum absolute atomic E-state index is 0.00702. The number of halogens is 1. The lowest BCUT2D eigenvalue weighted by Crippen LogP contribution is -2.40. The van der Waals surface area contributed by atoms with Crippen LogP contribution in [0.15, 0.2) is 24.3 Å². The van der Waals surface area contributed by atoms with Crippen molar-refractivity contribution >= 4 is 12.0 Å². The van der Waals surface area contributed by atoms with Crippen LogP contribution in [0.3, 0.4) is 0 Å². The van der Waals surface area contributed by atoms with Gasteiger partial charge in [-0.2, -0.15) is 0 Å². The Kier molecular flexibility index (Phi) is 7.00. The fraction of sp³-hybridized carbons (Fsp3) is 0.429. The molecule has 1 unspecified atom stereocenters. The van der Waals surface area contributed by atoms with E-state index in [0.717, 1.165) is 0 Å². The molecule has 0 aliphatic heterocycles. The van der Waals surface area contributed by atoms with Gasteiger partial charge in [0.05, 0.1) is 6.54 Å². The van der Waals surface area contributed by atoms with Crippen LogP contribution in [0.5, 0.6) is 5.75 Å². The molecule has 0 aliphatic carbocycles. The monoisotopic (exact) mass is 298 g/mol. The smallest absolute Gasteiger partial charge is 0.314 e. The Morgan fingerprint density at radius 3 is 2.71 bits per heavy atom. The first-order chi connectivity index (χ1) is 9.99. The van der Waals surface area contributed by atoms with Gasteiger partial charge in [0.25, 0.3) is 0 Å². The molecular weight excluding hydrogens is 279 g/mol. The number of rotatable bonds is 8. The van der Waals surface area contributed by atoms with Crippen LogP contribution in [0.25, 0.3) is 0 Å². The summed E-state index contributed by atoms with van der Waals surface area (Å²) in [5.41, 5.74) is 0. The number of aliphatic carboxylic acids is 1. The molecule has 0 bridgehead atoms. The fourth-order valence-electron chi connectivity index (χ4n) is 1.54. The Labute approximate surface area is 122 Å². The number of ether oxygens (including phenoxy) is 1. The maximum Gasteiger partial charge on any atom is 0.314 e. The summed E-state index contributed by atoms with van der Waals surface area (Å²) in [6, 6.07) is 5.62. The van der Waals surface area contributed by atoms with E-state index in [4.69, 9.17) is 9.84 Å². The van der Waals surface area contributed by atoms with Crippen LogP contribution < -0.4 is 15.4 Å². The molecule has 1 aromatic rings. The molecule has 1 rings (SSSR count). The van der Waals surface area contributed by atoms with E-state index in [-0.39, 0.29) is 25.3 Å². The van der Waals surface area contributed by atoms with Gasteiger partial charge in [0, 0.05) is 13.0 Å². The quantitative estimate of drug-likeness (QED) is 0.638. The SMILES string of the molecule is CC(CNC(=O)NCCCC(=O)O)Oc1ccccc1F. The zero-order valence-corrected chi connectivity index (χ0v) is 11.8. The summed E-state index contributed by atoms with van der Waals surface area (Å²) in [5.74, 6) is -1.22. The van der Waals surface area contributed by atoms with Crippen molar-refractivity contribution in [3.05, 3.63) is 30.1 Å². The summed E-state index contributed by atoms with van der Waals surface area (Å²) in [6.07, 6.45) is -0.0245. The molecule has 0 radical (unpaired) electrons. The van der Waals surface area contributed by atoms with E-state index >= 15 is 0 Å². The second-order valence-corrected chi connectivity index (χ2v) is 4.49. The highest BCUT2D eigenvalue weighted by Gasteiger charge is 2.09. The van der Waals surface area contributed by atoms with Crippen molar-refractivity contribution in [2.75, 3.05) is 13.1 Å². The molecule has 7 heteroatoms. The maximum atomic E-state index is 13.3. The third-order valence-corrected chi connectivity index (χ3v) is 2.57. The lowest BCUT2D eigenvalue weighted by atomic mass is 10.3. The van der Waals surface area contributed by atoms with Gasteiger partial charge in [0.15, 0.2) is 11.6 Å². The molecular formula is C14H19FN2O4. The summed E-state index contributed by atoms with van der Waals surface area (Å²) in [7, 11) is 0. The van der Waals surface area contributed by atoms with Gasteiger partial charge in [0.2, 0.25) is 0 Å². The first-order valence-corrected chi connectivity index (χ1v) is 6.63. The van der Waals surface area contributed by atoms with Crippen molar-refractivity contribution in [1.82, 2.24) is 10.6 Å². The number of nitrogens with one attached hydrogen (secondary N) is 2. The number of hydrogen-bond donors (Lipinski definition) is 3. The Morgan fingerprint density at radius 2 is 2.05 bits per heavy atom. The summed E-state index contributed by atoms with van der Waals surface area (Å²) < 4.78 is 18.7. The molecule has 2 amide bonds. The molecule has 1 aromatic carbocycles. The van der Waals surface area contributed by atoms with Crippen LogP contribution in [0.4, 0.5) is 9.18 Å². The van der Waals surface area contributed by atoms with Gasteiger partial charge < -0.3 is 20.5 Å². The van der Waals surface area contributed by atoms with Crippen LogP contribution in [-0.4, -0.2) is 36.3 Å². The molecule has 1 atom stereocenters. The number of para-hydroxylation sites is 1. The predicted molar refractivity (Wildman–Crippen MR) is 74.8 cm³/mol. The second-order valence-electron chi connectivity index (χ2n) is 4.49. The standard InChI is InChI=1S/C14H19FN2O4/c1-10(21-12-6-3-2-5-11(12)15)9-17-14(20)16-8-4-7-13(18)19/h2-3,5-6,10H,4,7-9H2,1H3,(H,18,19)(H2,16,17,20). The third kappa shape index (κ3) is 7.14. The predicted octanol–water partition coefficient (Wildman–Crippen LogP) is 1.76. The highest BCUT2D eigenvalue weighted by molar-refractivity contribution is 5.73. The molecule has 6 nitrogen and oxygen atoms in total. The van der Waals surface area contributed by atoms with E-state index < -0.39 is 23.9 Å². The minimum atomic E-state index is -0.899. The number of carboxylic acids is 1. The number of amides is 2. The van der Waals surface area contributed by atoms with Crippen LogP contribution in [0.1, 0.15) is 19.8 Å². The van der Waals surface area contributed by atoms with E-state index in [2.05, 4.69) is 10.6 Å². The van der Waals surface area contributed by atoms with E-state index in [1.54, 1.807) is 19.1 Å². The Morgan fingerprint density at radius 1 is 1.33 bits per heavy atom. The first kappa shape index (κ1) is 16.7. The lowest BCUT2D eigenvalue weighted by Gasteiger charge is -2.16. The molecule has 0 saturated heterocycles. The van der Waals surface area contributed by atoms with Gasteiger partial charge in [0.1, 0.15) is 6.10 Å². The van der Waals surface area contributed by atoms with E-state index in [1.807, 2.05) is 0 Å². The molecule has 0 aromatic heterocycles. The molecule has 0 fully saturated rings. The average Bonchev–Trinajstić information content (AvgIpc) is 2.44. The van der Waals surface area contributed by atoms with Crippen LogP contribution in [0.2, 0.25) is 0 Å². The van der Waals surface area contributed by atoms with Crippen LogP contribution >= 0.6 is 0 Å². The number of hydrogen-bond acceptors (Lipinski definition) is 3. The van der Waals surface area contributed by atoms with Crippen molar-refractivity contribution in [1.29, 1.82) is 0 Å². The molecule has 0 spiro atoms. The first-order valence-electron chi connectivity index (χ1n) is 6.63. The topological polar surface area (TPSA) is 87.7 Å². The fourth-order valence-corrected chi connectivity index (χ4v) is 1.54. The number of carbonyl (C=O) groups excluding carboxylic acids is 1. The van der Waals surface area contributed by atoms with Crippen molar-refractivity contribution in [3.63, 3.8) is 0 Å². The van der Waals surface area contributed by atoms with E-state index in [9.17, 15) is 14.0 Å². The van der Waals surface area contributed by atoms with Crippen LogP contribution in [0, 0.1) is 5.82 Å². The molecule has 0 aliphatic rings. The Balaban J connectivity index is 2.20. The number of urea groups is 1. The molecule has 116 valence electrons. The Bertz CT molecular complexity index is 482. The largest absolute Gasteiger partial charge is 0.486 e. The normalized spacial score (nSPS) is 11.5. The molecule has 21 heavy (non-hydrogen) atoms. The second kappa shape index (κ2) is 8.78. The minimum Gasteiger partial charge on any atom is -0.486 e. The number of benzene rings is 1. The maximum absolute atomic E-state index is 13.3. The molecule has 0 heterocycles. The highest BCUT2D eigenvalue weighted by Crippen LogP contribution is 2.16. The van der Waals surface area contributed by atoms with E-state index in [1.165, 1.54) is 12.1 Å². The van der Waals surface area contributed by atoms with E-state index in [0.29, 0.717) is 6.42 Å². The van der Waals surface area contributed by atoms with Gasteiger partial charge in [-0.1, -0.05) is 12.1 Å². The summed E-state index contributed by atoms with van der Waals surface area (Å²) in [4.78, 5) is 21.7. The van der Waals surface area contributed by atoms with Gasteiger partial charge in [-0.3, -0.25) is 4.79 Å². The number of carbonyl (C=O) groups is 2. The van der Waals surface area contributed by atoms with Gasteiger partial charge in [-0.25, -0.2) is 9.18 Å². The van der Waals surface area contributed by atoms with Crippen LogP contribution in [-0.2, 0) is 4.79 Å². The van der Waals surface area contributed by atoms with Crippen molar-refractivity contribution in [2.24, 2.45) is 0 Å². The summed E-state index contributed by atoms with van der Waals surface area (Å²) in [6.45, 7) is 2.19. The lowest BCUT2D eigenvalue weighted by molar-refractivity contribution is -0.137. The van der Waals surface area contributed by atoms with Crippen molar-refractivity contribution in [3.8, 4) is 5.75 Å². The average molecular weight is 298 g/mol. The van der Waals surface area contributed by atoms with Crippen molar-refractivity contribution in [2.45, 2.75) is 25.9 Å².